The lowest BCUT2D eigenvalue weighted by atomic mass is 10.1. The molecule has 0 aliphatic heterocycles. The number of hydrogen-bond acceptors (Lipinski definition) is 6. The topological polar surface area (TPSA) is 82.5 Å². The Morgan fingerprint density at radius 1 is 0.400 bits per heavy atom. The SMILES string of the molecule is c1ccc(-c2nc(-c3ccccc3)nc(-n3c4ccccc4c4c5c(ccc43)oc3c(-c4ccccc4)nc(-c4ccccc4)nc35)n2)cc1. The third-order valence-corrected chi connectivity index (χ3v) is 9.08. The van der Waals surface area contributed by atoms with Gasteiger partial charge in [0.15, 0.2) is 23.1 Å². The van der Waals surface area contributed by atoms with Gasteiger partial charge in [-0.2, -0.15) is 9.97 Å². The summed E-state index contributed by atoms with van der Waals surface area (Å²) < 4.78 is 8.81. The van der Waals surface area contributed by atoms with E-state index in [1.54, 1.807) is 0 Å². The van der Waals surface area contributed by atoms with Crippen LogP contribution < -0.4 is 0 Å². The van der Waals surface area contributed by atoms with Crippen LogP contribution in [0.2, 0.25) is 0 Å². The fourth-order valence-electron chi connectivity index (χ4n) is 6.81. The first-order valence-corrected chi connectivity index (χ1v) is 16.4. The predicted molar refractivity (Wildman–Crippen MR) is 199 cm³/mol. The van der Waals surface area contributed by atoms with Crippen LogP contribution in [0.3, 0.4) is 0 Å². The predicted octanol–water partition coefficient (Wildman–Crippen LogP) is 10.3. The number of benzene rings is 6. The van der Waals surface area contributed by atoms with Gasteiger partial charge in [-0.3, -0.25) is 4.57 Å². The molecule has 0 saturated carbocycles. The quantitative estimate of drug-likeness (QED) is 0.186. The molecule has 0 atom stereocenters. The summed E-state index contributed by atoms with van der Waals surface area (Å²) in [5.41, 5.74) is 8.51. The number of aromatic nitrogens is 6. The Bertz CT molecular complexity index is 2790. The first-order chi connectivity index (χ1) is 24.8. The number of rotatable bonds is 5. The maximum atomic E-state index is 6.68. The Kier molecular flexibility index (Phi) is 6.35. The van der Waals surface area contributed by atoms with E-state index in [4.69, 9.17) is 29.3 Å². The zero-order valence-corrected chi connectivity index (χ0v) is 26.6. The molecule has 0 fully saturated rings. The second kappa shape index (κ2) is 11.3. The van der Waals surface area contributed by atoms with Crippen molar-refractivity contribution in [3.05, 3.63) is 158 Å². The van der Waals surface area contributed by atoms with Crippen molar-refractivity contribution in [1.29, 1.82) is 0 Å². The lowest BCUT2D eigenvalue weighted by Gasteiger charge is -2.10. The number of furan rings is 1. The van der Waals surface area contributed by atoms with E-state index in [0.717, 1.165) is 66.2 Å². The van der Waals surface area contributed by atoms with Crippen LogP contribution in [-0.2, 0) is 0 Å². The fraction of sp³-hybridized carbons (Fsp3) is 0. The van der Waals surface area contributed by atoms with Crippen molar-refractivity contribution in [2.24, 2.45) is 0 Å². The van der Waals surface area contributed by atoms with Crippen LogP contribution in [0.1, 0.15) is 0 Å². The molecule has 10 aromatic rings. The zero-order valence-electron chi connectivity index (χ0n) is 26.6. The number of hydrogen-bond donors (Lipinski definition) is 0. The molecule has 234 valence electrons. The molecule has 4 aromatic heterocycles. The molecule has 0 aliphatic rings. The van der Waals surface area contributed by atoms with Crippen LogP contribution in [0.15, 0.2) is 162 Å². The largest absolute Gasteiger partial charge is 0.452 e. The third-order valence-electron chi connectivity index (χ3n) is 9.08. The second-order valence-corrected chi connectivity index (χ2v) is 12.1. The number of fused-ring (bicyclic) bond motifs is 7. The van der Waals surface area contributed by atoms with E-state index in [9.17, 15) is 0 Å². The van der Waals surface area contributed by atoms with Crippen LogP contribution in [0.4, 0.5) is 0 Å². The summed E-state index contributed by atoms with van der Waals surface area (Å²) in [7, 11) is 0. The van der Waals surface area contributed by atoms with E-state index in [1.807, 2.05) is 121 Å². The molecule has 0 spiro atoms. The Labute approximate surface area is 286 Å². The molecule has 0 amide bonds. The molecule has 0 radical (unpaired) electrons. The summed E-state index contributed by atoms with van der Waals surface area (Å²) in [6.07, 6.45) is 0. The minimum Gasteiger partial charge on any atom is -0.452 e. The van der Waals surface area contributed by atoms with Gasteiger partial charge in [0, 0.05) is 33.0 Å². The van der Waals surface area contributed by atoms with Crippen LogP contribution in [0, 0.1) is 0 Å². The van der Waals surface area contributed by atoms with Crippen LogP contribution in [0.5, 0.6) is 0 Å². The van der Waals surface area contributed by atoms with Gasteiger partial charge in [0.1, 0.15) is 16.8 Å². The summed E-state index contributed by atoms with van der Waals surface area (Å²) in [5.74, 6) is 2.37. The van der Waals surface area contributed by atoms with E-state index in [0.29, 0.717) is 29.0 Å². The van der Waals surface area contributed by atoms with Gasteiger partial charge in [0.2, 0.25) is 5.95 Å². The van der Waals surface area contributed by atoms with Crippen molar-refractivity contribution in [3.8, 4) is 51.4 Å². The van der Waals surface area contributed by atoms with Gasteiger partial charge in [-0.1, -0.05) is 140 Å². The van der Waals surface area contributed by atoms with Crippen molar-refractivity contribution in [2.75, 3.05) is 0 Å². The monoisotopic (exact) mass is 642 g/mol. The zero-order chi connectivity index (χ0) is 33.0. The van der Waals surface area contributed by atoms with Gasteiger partial charge in [-0.05, 0) is 18.2 Å². The van der Waals surface area contributed by atoms with Crippen molar-refractivity contribution in [1.82, 2.24) is 29.5 Å². The molecular weight excluding hydrogens is 617 g/mol. The Balaban J connectivity index is 1.31. The fourth-order valence-corrected chi connectivity index (χ4v) is 6.81. The van der Waals surface area contributed by atoms with E-state index in [1.165, 1.54) is 0 Å². The normalized spacial score (nSPS) is 11.6. The maximum Gasteiger partial charge on any atom is 0.238 e. The highest BCUT2D eigenvalue weighted by Crippen LogP contribution is 2.43. The second-order valence-electron chi connectivity index (χ2n) is 12.1. The summed E-state index contributed by atoms with van der Waals surface area (Å²) in [6.45, 7) is 0. The van der Waals surface area contributed by atoms with Gasteiger partial charge in [-0.15, -0.1) is 0 Å². The molecule has 0 saturated heterocycles. The standard InChI is InChI=1S/C43H26N6O/c1-5-15-27(16-6-1)37-39-38(45-40(44-37)28-17-7-2-8-18-28)36-34(50-39)26-25-33-35(36)31-23-13-14-24-32(31)49(33)43-47-41(29-19-9-3-10-20-29)46-42(48-43)30-21-11-4-12-22-30/h1-26H. The van der Waals surface area contributed by atoms with Crippen molar-refractivity contribution in [3.63, 3.8) is 0 Å². The smallest absolute Gasteiger partial charge is 0.238 e. The molecule has 6 aromatic carbocycles. The highest BCUT2D eigenvalue weighted by atomic mass is 16.3. The minimum absolute atomic E-state index is 0.528. The third kappa shape index (κ3) is 4.48. The molecule has 50 heavy (non-hydrogen) atoms. The lowest BCUT2D eigenvalue weighted by Crippen LogP contribution is -2.06. The Morgan fingerprint density at radius 2 is 0.920 bits per heavy atom. The van der Waals surface area contributed by atoms with Crippen LogP contribution in [0.25, 0.3) is 95.2 Å². The molecule has 7 heteroatoms. The lowest BCUT2D eigenvalue weighted by molar-refractivity contribution is 0.667. The highest BCUT2D eigenvalue weighted by Gasteiger charge is 2.24. The van der Waals surface area contributed by atoms with Crippen molar-refractivity contribution < 1.29 is 4.42 Å². The molecule has 4 heterocycles. The average Bonchev–Trinajstić information content (AvgIpc) is 3.74. The molecule has 7 nitrogen and oxygen atoms in total. The highest BCUT2D eigenvalue weighted by molar-refractivity contribution is 6.27. The summed E-state index contributed by atoms with van der Waals surface area (Å²) in [6, 6.07) is 52.8. The molecule has 0 aliphatic carbocycles. The van der Waals surface area contributed by atoms with Gasteiger partial charge >= 0.3 is 0 Å². The van der Waals surface area contributed by atoms with E-state index in [-0.39, 0.29) is 0 Å². The maximum absolute atomic E-state index is 6.68. The first kappa shape index (κ1) is 28.1. The minimum atomic E-state index is 0.528. The molecule has 0 unspecified atom stereocenters. The van der Waals surface area contributed by atoms with E-state index < -0.39 is 0 Å². The average molecular weight is 643 g/mol. The summed E-state index contributed by atoms with van der Waals surface area (Å²) in [5, 5.41) is 2.97. The molecule has 10 rings (SSSR count). The molecule has 0 bridgehead atoms. The molecular formula is C43H26N6O. The van der Waals surface area contributed by atoms with Gasteiger partial charge in [-0.25, -0.2) is 15.0 Å². The van der Waals surface area contributed by atoms with Gasteiger partial charge in [0.25, 0.3) is 0 Å². The van der Waals surface area contributed by atoms with Crippen LogP contribution >= 0.6 is 0 Å². The van der Waals surface area contributed by atoms with Crippen molar-refractivity contribution >= 4 is 43.9 Å². The van der Waals surface area contributed by atoms with Gasteiger partial charge in [0.05, 0.1) is 16.4 Å². The van der Waals surface area contributed by atoms with E-state index in [2.05, 4.69) is 41.0 Å². The molecule has 0 N–H and O–H groups in total. The number of para-hydroxylation sites is 1. The first-order valence-electron chi connectivity index (χ1n) is 16.4. The van der Waals surface area contributed by atoms with Gasteiger partial charge < -0.3 is 4.42 Å². The summed E-state index contributed by atoms with van der Waals surface area (Å²) in [4.78, 5) is 25.4. The van der Waals surface area contributed by atoms with E-state index >= 15 is 0 Å². The Morgan fingerprint density at radius 3 is 1.52 bits per heavy atom. The van der Waals surface area contributed by atoms with Crippen molar-refractivity contribution in [2.45, 2.75) is 0 Å². The summed E-state index contributed by atoms with van der Waals surface area (Å²) >= 11 is 0. The number of nitrogens with zero attached hydrogens (tertiary/aromatic N) is 6. The Hall–Kier alpha value is -6.99. The van der Waals surface area contributed by atoms with Crippen LogP contribution in [-0.4, -0.2) is 29.5 Å².